The lowest BCUT2D eigenvalue weighted by Gasteiger charge is -2.18. The van der Waals surface area contributed by atoms with Gasteiger partial charge in [0.1, 0.15) is 23.4 Å². The summed E-state index contributed by atoms with van der Waals surface area (Å²) in [5.74, 6) is 2.08. The van der Waals surface area contributed by atoms with Gasteiger partial charge in [-0.15, -0.1) is 0 Å². The number of methoxy groups -OCH3 is 1. The van der Waals surface area contributed by atoms with Gasteiger partial charge in [0.2, 0.25) is 0 Å². The lowest BCUT2D eigenvalue weighted by molar-refractivity contribution is -0.0504. The first-order chi connectivity index (χ1) is 13.5. The highest BCUT2D eigenvalue weighted by Gasteiger charge is 2.10. The smallest absolute Gasteiger partial charge is 0.387 e. The molecule has 28 heavy (non-hydrogen) atoms. The van der Waals surface area contributed by atoms with E-state index in [1.54, 1.807) is 32.4 Å². The maximum absolute atomic E-state index is 12.5. The third kappa shape index (κ3) is 6.94. The molecule has 0 aromatic heterocycles. The zero-order valence-corrected chi connectivity index (χ0v) is 16.1. The molecule has 2 rings (SSSR count). The van der Waals surface area contributed by atoms with Crippen LogP contribution in [0.15, 0.2) is 53.5 Å². The molecule has 0 fully saturated rings. The monoisotopic (exact) mass is 393 g/mol. The minimum absolute atomic E-state index is 0.134. The van der Waals surface area contributed by atoms with Gasteiger partial charge in [-0.1, -0.05) is 24.3 Å². The second-order valence-corrected chi connectivity index (χ2v) is 5.90. The number of halogens is 2. The number of para-hydroxylation sites is 1. The quantitative estimate of drug-likeness (QED) is 0.505. The highest BCUT2D eigenvalue weighted by Crippen LogP contribution is 2.20. The SMILES string of the molecule is CN=C(NCc1ccccc1OC(F)F)NCC(C)Oc1cccc(OC)c1. The van der Waals surface area contributed by atoms with Crippen molar-refractivity contribution in [1.29, 1.82) is 0 Å². The molecule has 2 aromatic carbocycles. The van der Waals surface area contributed by atoms with Crippen molar-refractivity contribution in [3.63, 3.8) is 0 Å². The van der Waals surface area contributed by atoms with Crippen LogP contribution in [-0.2, 0) is 6.54 Å². The lowest BCUT2D eigenvalue weighted by atomic mass is 10.2. The second kappa shape index (κ2) is 11.0. The Hall–Kier alpha value is -3.03. The van der Waals surface area contributed by atoms with E-state index in [4.69, 9.17) is 9.47 Å². The molecule has 0 heterocycles. The van der Waals surface area contributed by atoms with Crippen molar-refractivity contribution in [3.05, 3.63) is 54.1 Å². The van der Waals surface area contributed by atoms with E-state index < -0.39 is 6.61 Å². The van der Waals surface area contributed by atoms with Gasteiger partial charge in [0.25, 0.3) is 0 Å². The third-order valence-corrected chi connectivity index (χ3v) is 3.79. The van der Waals surface area contributed by atoms with Gasteiger partial charge in [0.05, 0.1) is 13.7 Å². The highest BCUT2D eigenvalue weighted by molar-refractivity contribution is 5.79. The predicted octanol–water partition coefficient (Wildman–Crippen LogP) is 3.43. The molecule has 1 unspecified atom stereocenters. The molecular weight excluding hydrogens is 368 g/mol. The van der Waals surface area contributed by atoms with Gasteiger partial charge in [-0.25, -0.2) is 0 Å². The molecule has 0 aliphatic heterocycles. The number of guanidine groups is 1. The molecule has 0 radical (unpaired) electrons. The van der Waals surface area contributed by atoms with Crippen LogP contribution in [0.1, 0.15) is 12.5 Å². The van der Waals surface area contributed by atoms with E-state index in [1.807, 2.05) is 31.2 Å². The van der Waals surface area contributed by atoms with Gasteiger partial charge in [0, 0.05) is 25.2 Å². The van der Waals surface area contributed by atoms with Crippen molar-refractivity contribution < 1.29 is 23.0 Å². The average Bonchev–Trinajstić information content (AvgIpc) is 2.69. The van der Waals surface area contributed by atoms with Crippen LogP contribution in [0, 0.1) is 0 Å². The summed E-state index contributed by atoms with van der Waals surface area (Å²) in [6.45, 7) is -0.168. The summed E-state index contributed by atoms with van der Waals surface area (Å²) >= 11 is 0. The summed E-state index contributed by atoms with van der Waals surface area (Å²) in [4.78, 5) is 4.13. The Bertz CT molecular complexity index is 772. The van der Waals surface area contributed by atoms with Gasteiger partial charge < -0.3 is 24.8 Å². The third-order valence-electron chi connectivity index (χ3n) is 3.79. The molecule has 0 spiro atoms. The van der Waals surface area contributed by atoms with Crippen molar-refractivity contribution in [2.24, 2.45) is 4.99 Å². The summed E-state index contributed by atoms with van der Waals surface area (Å²) in [7, 11) is 3.23. The summed E-state index contributed by atoms with van der Waals surface area (Å²) in [5.41, 5.74) is 0.603. The first-order valence-corrected chi connectivity index (χ1v) is 8.79. The number of aliphatic imine (C=N–C) groups is 1. The predicted molar refractivity (Wildman–Crippen MR) is 104 cm³/mol. The van der Waals surface area contributed by atoms with Crippen LogP contribution < -0.4 is 24.8 Å². The summed E-state index contributed by atoms with van der Waals surface area (Å²) < 4.78 is 40.6. The molecule has 0 amide bonds. The molecule has 6 nitrogen and oxygen atoms in total. The minimum atomic E-state index is -2.87. The highest BCUT2D eigenvalue weighted by atomic mass is 19.3. The summed E-state index contributed by atoms with van der Waals surface area (Å²) in [5, 5.41) is 6.22. The Morgan fingerprint density at radius 2 is 1.79 bits per heavy atom. The molecular formula is C20H25F2N3O3. The fourth-order valence-corrected chi connectivity index (χ4v) is 2.45. The van der Waals surface area contributed by atoms with Crippen molar-refractivity contribution in [3.8, 4) is 17.2 Å². The molecule has 0 saturated heterocycles. The number of benzene rings is 2. The zero-order valence-electron chi connectivity index (χ0n) is 16.1. The second-order valence-electron chi connectivity index (χ2n) is 5.90. The Balaban J connectivity index is 1.84. The topological polar surface area (TPSA) is 64.1 Å². The average molecular weight is 393 g/mol. The Labute approximate surface area is 163 Å². The molecule has 1 atom stereocenters. The van der Waals surface area contributed by atoms with Crippen LogP contribution >= 0.6 is 0 Å². The van der Waals surface area contributed by atoms with E-state index in [2.05, 4.69) is 20.4 Å². The standard InChI is InChI=1S/C20H25F2N3O3/c1-14(27-17-9-6-8-16(11-17)26-3)12-24-20(23-2)25-13-15-7-4-5-10-18(15)28-19(21)22/h4-11,14,19H,12-13H2,1-3H3,(H2,23,24,25). The summed E-state index contributed by atoms with van der Waals surface area (Å²) in [6, 6.07) is 14.0. The number of nitrogens with zero attached hydrogens (tertiary/aromatic N) is 1. The maximum Gasteiger partial charge on any atom is 0.387 e. The van der Waals surface area contributed by atoms with E-state index in [0.717, 1.165) is 5.75 Å². The Morgan fingerprint density at radius 3 is 2.50 bits per heavy atom. The van der Waals surface area contributed by atoms with Crippen molar-refractivity contribution >= 4 is 5.96 Å². The van der Waals surface area contributed by atoms with E-state index in [1.165, 1.54) is 6.07 Å². The first-order valence-electron chi connectivity index (χ1n) is 8.79. The fraction of sp³-hybridized carbons (Fsp3) is 0.350. The number of nitrogens with one attached hydrogen (secondary N) is 2. The van der Waals surface area contributed by atoms with Crippen molar-refractivity contribution in [2.75, 3.05) is 20.7 Å². The molecule has 0 saturated carbocycles. The number of hydrogen-bond acceptors (Lipinski definition) is 4. The number of rotatable bonds is 9. The van der Waals surface area contributed by atoms with Gasteiger partial charge in [0.15, 0.2) is 5.96 Å². The lowest BCUT2D eigenvalue weighted by Crippen LogP contribution is -2.41. The zero-order chi connectivity index (χ0) is 20.4. The van der Waals surface area contributed by atoms with E-state index in [-0.39, 0.29) is 18.4 Å². The molecule has 152 valence electrons. The molecule has 0 bridgehead atoms. The molecule has 2 aromatic rings. The van der Waals surface area contributed by atoms with Crippen LogP contribution in [0.3, 0.4) is 0 Å². The van der Waals surface area contributed by atoms with E-state index in [9.17, 15) is 8.78 Å². The Kier molecular flexibility index (Phi) is 8.33. The molecule has 0 aliphatic carbocycles. The van der Waals surface area contributed by atoms with Crippen LogP contribution in [0.4, 0.5) is 8.78 Å². The number of ether oxygens (including phenoxy) is 3. The van der Waals surface area contributed by atoms with E-state index >= 15 is 0 Å². The molecule has 8 heteroatoms. The number of alkyl halides is 2. The van der Waals surface area contributed by atoms with Crippen LogP contribution in [-0.4, -0.2) is 39.4 Å². The van der Waals surface area contributed by atoms with Crippen molar-refractivity contribution in [2.45, 2.75) is 26.2 Å². The number of hydrogen-bond donors (Lipinski definition) is 2. The summed E-state index contributed by atoms with van der Waals surface area (Å²) in [6.07, 6.45) is -0.139. The van der Waals surface area contributed by atoms with Crippen LogP contribution in [0.2, 0.25) is 0 Å². The van der Waals surface area contributed by atoms with Gasteiger partial charge >= 0.3 is 6.61 Å². The molecule has 0 aliphatic rings. The molecule has 2 N–H and O–H groups in total. The fourth-order valence-electron chi connectivity index (χ4n) is 2.45. The normalized spacial score (nSPS) is 12.4. The van der Waals surface area contributed by atoms with Crippen LogP contribution in [0.25, 0.3) is 0 Å². The van der Waals surface area contributed by atoms with Gasteiger partial charge in [-0.05, 0) is 25.1 Å². The van der Waals surface area contributed by atoms with E-state index in [0.29, 0.717) is 23.8 Å². The van der Waals surface area contributed by atoms with Gasteiger partial charge in [-0.2, -0.15) is 8.78 Å². The van der Waals surface area contributed by atoms with Gasteiger partial charge in [-0.3, -0.25) is 4.99 Å². The minimum Gasteiger partial charge on any atom is -0.497 e. The first kappa shape index (κ1) is 21.3. The maximum atomic E-state index is 12.5. The van der Waals surface area contributed by atoms with Crippen molar-refractivity contribution in [1.82, 2.24) is 10.6 Å². The van der Waals surface area contributed by atoms with Crippen LogP contribution in [0.5, 0.6) is 17.2 Å². The largest absolute Gasteiger partial charge is 0.497 e. The Morgan fingerprint density at radius 1 is 1.04 bits per heavy atom.